The SMILES string of the molecule is CC(N)Cc1cccc(OCC2CCC(C)O2)c1. The van der Waals surface area contributed by atoms with Gasteiger partial charge in [-0.2, -0.15) is 0 Å². The average molecular weight is 249 g/mol. The van der Waals surface area contributed by atoms with Crippen LogP contribution in [0.4, 0.5) is 0 Å². The largest absolute Gasteiger partial charge is 0.491 e. The van der Waals surface area contributed by atoms with E-state index in [-0.39, 0.29) is 12.1 Å². The van der Waals surface area contributed by atoms with E-state index in [0.29, 0.717) is 12.7 Å². The highest BCUT2D eigenvalue weighted by molar-refractivity contribution is 5.29. The van der Waals surface area contributed by atoms with Crippen molar-refractivity contribution >= 4 is 0 Å². The Labute approximate surface area is 109 Å². The predicted molar refractivity (Wildman–Crippen MR) is 72.9 cm³/mol. The first-order valence-corrected chi connectivity index (χ1v) is 6.76. The van der Waals surface area contributed by atoms with Crippen LogP contribution in [0.15, 0.2) is 24.3 Å². The minimum absolute atomic E-state index is 0.180. The first-order valence-electron chi connectivity index (χ1n) is 6.76. The Morgan fingerprint density at radius 2 is 2.28 bits per heavy atom. The minimum Gasteiger partial charge on any atom is -0.491 e. The molecule has 0 spiro atoms. The zero-order chi connectivity index (χ0) is 13.0. The molecular weight excluding hydrogens is 226 g/mol. The first kappa shape index (κ1) is 13.4. The Morgan fingerprint density at radius 1 is 1.44 bits per heavy atom. The monoisotopic (exact) mass is 249 g/mol. The summed E-state index contributed by atoms with van der Waals surface area (Å²) in [5, 5.41) is 0. The lowest BCUT2D eigenvalue weighted by Crippen LogP contribution is -2.19. The van der Waals surface area contributed by atoms with Crippen molar-refractivity contribution in [1.29, 1.82) is 0 Å². The van der Waals surface area contributed by atoms with Crippen molar-refractivity contribution in [1.82, 2.24) is 0 Å². The van der Waals surface area contributed by atoms with Crippen LogP contribution in [0.2, 0.25) is 0 Å². The zero-order valence-corrected chi connectivity index (χ0v) is 11.3. The van der Waals surface area contributed by atoms with Crippen molar-refractivity contribution in [3.63, 3.8) is 0 Å². The molecule has 1 aromatic carbocycles. The second-order valence-corrected chi connectivity index (χ2v) is 5.29. The standard InChI is InChI=1S/C15H23NO2/c1-11(16)8-13-4-3-5-14(9-13)17-10-15-7-6-12(2)18-15/h3-5,9,11-12,15H,6-8,10,16H2,1-2H3. The number of rotatable bonds is 5. The van der Waals surface area contributed by atoms with Crippen LogP contribution in [-0.4, -0.2) is 24.9 Å². The molecule has 3 atom stereocenters. The highest BCUT2D eigenvalue weighted by Gasteiger charge is 2.22. The third kappa shape index (κ3) is 4.00. The quantitative estimate of drug-likeness (QED) is 0.872. The summed E-state index contributed by atoms with van der Waals surface area (Å²) >= 11 is 0. The molecule has 0 radical (unpaired) electrons. The second-order valence-electron chi connectivity index (χ2n) is 5.29. The summed E-state index contributed by atoms with van der Waals surface area (Å²) in [6.07, 6.45) is 3.74. The van der Waals surface area contributed by atoms with E-state index in [1.807, 2.05) is 19.1 Å². The van der Waals surface area contributed by atoms with Crippen molar-refractivity contribution in [2.45, 2.75) is 51.4 Å². The van der Waals surface area contributed by atoms with Crippen LogP contribution >= 0.6 is 0 Å². The van der Waals surface area contributed by atoms with Crippen LogP contribution in [0.5, 0.6) is 5.75 Å². The minimum atomic E-state index is 0.180. The molecular formula is C15H23NO2. The fourth-order valence-electron chi connectivity index (χ4n) is 2.33. The maximum Gasteiger partial charge on any atom is 0.119 e. The van der Waals surface area contributed by atoms with E-state index in [1.54, 1.807) is 0 Å². The lowest BCUT2D eigenvalue weighted by molar-refractivity contribution is 0.0264. The molecule has 1 aliphatic rings. The van der Waals surface area contributed by atoms with Crippen LogP contribution < -0.4 is 10.5 Å². The third-order valence-electron chi connectivity index (χ3n) is 3.21. The fourth-order valence-corrected chi connectivity index (χ4v) is 2.33. The van der Waals surface area contributed by atoms with Crippen molar-refractivity contribution in [2.24, 2.45) is 5.73 Å². The number of nitrogens with two attached hydrogens (primary N) is 1. The number of hydrogen-bond donors (Lipinski definition) is 1. The van der Waals surface area contributed by atoms with Gasteiger partial charge in [0, 0.05) is 6.04 Å². The lowest BCUT2D eigenvalue weighted by atomic mass is 10.1. The molecule has 2 rings (SSSR count). The lowest BCUT2D eigenvalue weighted by Gasteiger charge is -2.13. The van der Waals surface area contributed by atoms with E-state index in [1.165, 1.54) is 5.56 Å². The second kappa shape index (κ2) is 6.21. The van der Waals surface area contributed by atoms with Gasteiger partial charge in [0.05, 0.1) is 12.2 Å². The summed E-state index contributed by atoms with van der Waals surface area (Å²) in [7, 11) is 0. The summed E-state index contributed by atoms with van der Waals surface area (Å²) in [6, 6.07) is 8.35. The topological polar surface area (TPSA) is 44.5 Å². The molecule has 1 heterocycles. The molecule has 1 saturated heterocycles. The fraction of sp³-hybridized carbons (Fsp3) is 0.600. The molecule has 1 aliphatic heterocycles. The molecule has 1 fully saturated rings. The first-order chi connectivity index (χ1) is 8.63. The highest BCUT2D eigenvalue weighted by atomic mass is 16.5. The van der Waals surface area contributed by atoms with E-state index >= 15 is 0 Å². The van der Waals surface area contributed by atoms with Crippen molar-refractivity contribution in [2.75, 3.05) is 6.61 Å². The third-order valence-corrected chi connectivity index (χ3v) is 3.21. The predicted octanol–water partition coefficient (Wildman–Crippen LogP) is 2.52. The van der Waals surface area contributed by atoms with Crippen LogP contribution in [0.3, 0.4) is 0 Å². The van der Waals surface area contributed by atoms with E-state index < -0.39 is 0 Å². The van der Waals surface area contributed by atoms with Gasteiger partial charge >= 0.3 is 0 Å². The summed E-state index contributed by atoms with van der Waals surface area (Å²) < 4.78 is 11.5. The summed E-state index contributed by atoms with van der Waals surface area (Å²) in [5.74, 6) is 0.913. The van der Waals surface area contributed by atoms with Gasteiger partial charge in [0.15, 0.2) is 0 Å². The average Bonchev–Trinajstić information content (AvgIpc) is 2.72. The van der Waals surface area contributed by atoms with Crippen molar-refractivity contribution < 1.29 is 9.47 Å². The van der Waals surface area contributed by atoms with Crippen LogP contribution in [0.25, 0.3) is 0 Å². The van der Waals surface area contributed by atoms with E-state index in [9.17, 15) is 0 Å². The smallest absolute Gasteiger partial charge is 0.119 e. The van der Waals surface area contributed by atoms with Gasteiger partial charge in [0.25, 0.3) is 0 Å². The Kier molecular flexibility index (Phi) is 4.61. The maximum atomic E-state index is 5.80. The molecule has 1 aromatic rings. The van der Waals surface area contributed by atoms with Gasteiger partial charge in [-0.1, -0.05) is 12.1 Å². The summed E-state index contributed by atoms with van der Waals surface area (Å²) in [5.41, 5.74) is 7.03. The normalized spacial score (nSPS) is 25.1. The molecule has 3 heteroatoms. The Bertz CT molecular complexity index is 379. The Hall–Kier alpha value is -1.06. The number of ether oxygens (including phenoxy) is 2. The van der Waals surface area contributed by atoms with Gasteiger partial charge in [-0.25, -0.2) is 0 Å². The van der Waals surface area contributed by atoms with E-state index in [2.05, 4.69) is 19.1 Å². The molecule has 2 N–H and O–H groups in total. The summed E-state index contributed by atoms with van der Waals surface area (Å²) in [6.45, 7) is 4.77. The molecule has 3 unspecified atom stereocenters. The number of hydrogen-bond acceptors (Lipinski definition) is 3. The maximum absolute atomic E-state index is 5.80. The highest BCUT2D eigenvalue weighted by Crippen LogP contribution is 2.21. The van der Waals surface area contributed by atoms with Gasteiger partial charge in [-0.15, -0.1) is 0 Å². The van der Waals surface area contributed by atoms with Gasteiger partial charge in [-0.3, -0.25) is 0 Å². The van der Waals surface area contributed by atoms with Gasteiger partial charge < -0.3 is 15.2 Å². The van der Waals surface area contributed by atoms with Crippen molar-refractivity contribution in [3.8, 4) is 5.75 Å². The molecule has 0 saturated carbocycles. The molecule has 3 nitrogen and oxygen atoms in total. The van der Waals surface area contributed by atoms with Crippen molar-refractivity contribution in [3.05, 3.63) is 29.8 Å². The Balaban J connectivity index is 1.85. The van der Waals surface area contributed by atoms with E-state index in [4.69, 9.17) is 15.2 Å². The summed E-state index contributed by atoms with van der Waals surface area (Å²) in [4.78, 5) is 0. The van der Waals surface area contributed by atoms with Gasteiger partial charge in [0.1, 0.15) is 12.4 Å². The molecule has 0 bridgehead atoms. The van der Waals surface area contributed by atoms with E-state index in [0.717, 1.165) is 25.0 Å². The van der Waals surface area contributed by atoms with Gasteiger partial charge in [0.2, 0.25) is 0 Å². The molecule has 0 aliphatic carbocycles. The molecule has 0 amide bonds. The van der Waals surface area contributed by atoms with Crippen LogP contribution in [0.1, 0.15) is 32.3 Å². The van der Waals surface area contributed by atoms with Crippen LogP contribution in [0, 0.1) is 0 Å². The van der Waals surface area contributed by atoms with Crippen LogP contribution in [-0.2, 0) is 11.2 Å². The zero-order valence-electron chi connectivity index (χ0n) is 11.3. The number of benzene rings is 1. The van der Waals surface area contributed by atoms with Gasteiger partial charge in [-0.05, 0) is 50.8 Å². The molecule has 100 valence electrons. The molecule has 18 heavy (non-hydrogen) atoms. The molecule has 0 aromatic heterocycles. The Morgan fingerprint density at radius 3 is 2.94 bits per heavy atom.